The average Bonchev–Trinajstić information content (AvgIpc) is 2.97. The van der Waals surface area contributed by atoms with E-state index in [0.717, 1.165) is 16.3 Å². The fourth-order valence-corrected chi connectivity index (χ4v) is 2.94. The van der Waals surface area contributed by atoms with Crippen LogP contribution in [0.15, 0.2) is 35.2 Å². The maximum atomic E-state index is 12.3. The number of anilines is 2. The van der Waals surface area contributed by atoms with E-state index < -0.39 is 0 Å². The lowest BCUT2D eigenvalue weighted by Crippen LogP contribution is -2.22. The van der Waals surface area contributed by atoms with Crippen LogP contribution in [0.4, 0.5) is 11.5 Å². The standard InChI is InChI=1S/C18H24N4O2S/c1-11(25-14-8-6-13(7-9-14)19-12(2)23)17(24)20-16-10-15(21-22-16)18(3,4)5/h6-11H,1-5H3,(H,19,23)(H2,20,21,22,24). The van der Waals surface area contributed by atoms with Crippen LogP contribution in [0.25, 0.3) is 0 Å². The average molecular weight is 360 g/mol. The summed E-state index contributed by atoms with van der Waals surface area (Å²) >= 11 is 1.45. The first-order valence-electron chi connectivity index (χ1n) is 8.06. The molecule has 1 aromatic heterocycles. The van der Waals surface area contributed by atoms with Gasteiger partial charge in [-0.25, -0.2) is 0 Å². The van der Waals surface area contributed by atoms with Crippen LogP contribution in [0.2, 0.25) is 0 Å². The van der Waals surface area contributed by atoms with Crippen LogP contribution in [0, 0.1) is 0 Å². The van der Waals surface area contributed by atoms with E-state index in [0.29, 0.717) is 5.82 Å². The molecule has 2 aromatic rings. The lowest BCUT2D eigenvalue weighted by Gasteiger charge is -2.14. The van der Waals surface area contributed by atoms with Gasteiger partial charge in [-0.15, -0.1) is 11.8 Å². The lowest BCUT2D eigenvalue weighted by molar-refractivity contribution is -0.115. The van der Waals surface area contributed by atoms with Crippen molar-refractivity contribution in [3.05, 3.63) is 36.0 Å². The minimum absolute atomic E-state index is 0.0496. The molecule has 7 heteroatoms. The molecule has 0 aliphatic heterocycles. The summed E-state index contributed by atoms with van der Waals surface area (Å²) in [6.45, 7) is 9.55. The van der Waals surface area contributed by atoms with Crippen molar-refractivity contribution in [3.8, 4) is 0 Å². The first-order chi connectivity index (χ1) is 11.6. The van der Waals surface area contributed by atoms with Crippen molar-refractivity contribution < 1.29 is 9.59 Å². The molecule has 1 unspecified atom stereocenters. The van der Waals surface area contributed by atoms with Crippen molar-refractivity contribution >= 4 is 35.1 Å². The van der Waals surface area contributed by atoms with Crippen molar-refractivity contribution in [2.24, 2.45) is 0 Å². The van der Waals surface area contributed by atoms with Gasteiger partial charge in [0.1, 0.15) is 0 Å². The van der Waals surface area contributed by atoms with Gasteiger partial charge < -0.3 is 10.6 Å². The molecule has 0 bridgehead atoms. The van der Waals surface area contributed by atoms with E-state index in [2.05, 4.69) is 41.6 Å². The molecule has 1 aromatic carbocycles. The van der Waals surface area contributed by atoms with Crippen LogP contribution in [-0.4, -0.2) is 27.3 Å². The number of carbonyl (C=O) groups excluding carboxylic acids is 2. The Morgan fingerprint density at radius 3 is 2.32 bits per heavy atom. The fourth-order valence-electron chi connectivity index (χ4n) is 2.08. The molecule has 2 rings (SSSR count). The van der Waals surface area contributed by atoms with Crippen LogP contribution in [0.5, 0.6) is 0 Å². The Morgan fingerprint density at radius 2 is 1.80 bits per heavy atom. The highest BCUT2D eigenvalue weighted by Gasteiger charge is 2.19. The number of nitrogens with zero attached hydrogens (tertiary/aromatic N) is 1. The van der Waals surface area contributed by atoms with Gasteiger partial charge in [-0.05, 0) is 31.2 Å². The Kier molecular flexibility index (Phi) is 5.89. The van der Waals surface area contributed by atoms with Crippen molar-refractivity contribution in [3.63, 3.8) is 0 Å². The second kappa shape index (κ2) is 7.74. The summed E-state index contributed by atoms with van der Waals surface area (Å²) in [4.78, 5) is 24.3. The molecule has 0 aliphatic carbocycles. The quantitative estimate of drug-likeness (QED) is 0.708. The summed E-state index contributed by atoms with van der Waals surface area (Å²) in [6.07, 6.45) is 0. The molecule has 0 spiro atoms. The zero-order valence-corrected chi connectivity index (χ0v) is 16.0. The monoisotopic (exact) mass is 360 g/mol. The zero-order chi connectivity index (χ0) is 18.6. The summed E-state index contributed by atoms with van der Waals surface area (Å²) in [6, 6.07) is 9.25. The van der Waals surface area contributed by atoms with E-state index >= 15 is 0 Å². The molecular formula is C18H24N4O2S. The highest BCUT2D eigenvalue weighted by molar-refractivity contribution is 8.00. The van der Waals surface area contributed by atoms with Gasteiger partial charge in [-0.3, -0.25) is 14.7 Å². The van der Waals surface area contributed by atoms with E-state index in [4.69, 9.17) is 0 Å². The predicted molar refractivity (Wildman–Crippen MR) is 102 cm³/mol. The molecule has 0 aliphatic rings. The first-order valence-corrected chi connectivity index (χ1v) is 8.94. The fraction of sp³-hybridized carbons (Fsp3) is 0.389. The SMILES string of the molecule is CC(=O)Nc1ccc(SC(C)C(=O)Nc2cc(C(C)(C)C)[nH]n2)cc1. The molecule has 0 saturated heterocycles. The number of H-pyrrole nitrogens is 1. The Hall–Kier alpha value is -2.28. The first kappa shape index (κ1) is 19.1. The van der Waals surface area contributed by atoms with Crippen LogP contribution < -0.4 is 10.6 Å². The van der Waals surface area contributed by atoms with E-state index in [1.165, 1.54) is 18.7 Å². The summed E-state index contributed by atoms with van der Waals surface area (Å²) in [5.74, 6) is 0.313. The number of aromatic amines is 1. The third kappa shape index (κ3) is 5.63. The van der Waals surface area contributed by atoms with Crippen LogP contribution in [0.1, 0.15) is 40.3 Å². The van der Waals surface area contributed by atoms with Crippen LogP contribution in [0.3, 0.4) is 0 Å². The number of benzene rings is 1. The van der Waals surface area contributed by atoms with Gasteiger partial charge in [-0.1, -0.05) is 20.8 Å². The van der Waals surface area contributed by atoms with Crippen LogP contribution in [-0.2, 0) is 15.0 Å². The van der Waals surface area contributed by atoms with Crippen LogP contribution >= 0.6 is 11.8 Å². The second-order valence-corrected chi connectivity index (χ2v) is 8.29. The molecule has 0 radical (unpaired) electrons. The predicted octanol–water partition coefficient (Wildman–Crippen LogP) is 3.78. The minimum atomic E-state index is -0.276. The summed E-state index contributed by atoms with van der Waals surface area (Å²) in [5.41, 5.74) is 1.66. The molecule has 0 fully saturated rings. The number of nitrogens with one attached hydrogen (secondary N) is 3. The number of thioether (sulfide) groups is 1. The Labute approximate surface area is 152 Å². The van der Waals surface area contributed by atoms with Gasteiger partial charge in [-0.2, -0.15) is 5.10 Å². The molecular weight excluding hydrogens is 336 g/mol. The van der Waals surface area contributed by atoms with Crippen molar-refractivity contribution in [2.75, 3.05) is 10.6 Å². The molecule has 1 atom stereocenters. The second-order valence-electron chi connectivity index (χ2n) is 6.87. The number of rotatable bonds is 5. The molecule has 6 nitrogen and oxygen atoms in total. The van der Waals surface area contributed by atoms with Gasteiger partial charge in [0.15, 0.2) is 5.82 Å². The topological polar surface area (TPSA) is 86.9 Å². The van der Waals surface area contributed by atoms with Gasteiger partial charge >= 0.3 is 0 Å². The highest BCUT2D eigenvalue weighted by Crippen LogP contribution is 2.26. The Balaban J connectivity index is 1.93. The number of hydrogen-bond acceptors (Lipinski definition) is 4. The summed E-state index contributed by atoms with van der Waals surface area (Å²) in [5, 5.41) is 12.4. The smallest absolute Gasteiger partial charge is 0.238 e. The number of amides is 2. The molecule has 3 N–H and O–H groups in total. The highest BCUT2D eigenvalue weighted by atomic mass is 32.2. The maximum absolute atomic E-state index is 12.3. The van der Waals surface area contributed by atoms with Gasteiger partial charge in [0.05, 0.1) is 5.25 Å². The van der Waals surface area contributed by atoms with E-state index in [9.17, 15) is 9.59 Å². The van der Waals surface area contributed by atoms with Crippen molar-refractivity contribution in [2.45, 2.75) is 50.2 Å². The third-order valence-electron chi connectivity index (χ3n) is 3.49. The van der Waals surface area contributed by atoms with E-state index in [1.807, 2.05) is 37.3 Å². The Bertz CT molecular complexity index is 747. The number of carbonyl (C=O) groups is 2. The van der Waals surface area contributed by atoms with Crippen molar-refractivity contribution in [1.29, 1.82) is 0 Å². The molecule has 2 amide bonds. The Morgan fingerprint density at radius 1 is 1.16 bits per heavy atom. The molecule has 1 heterocycles. The van der Waals surface area contributed by atoms with E-state index in [1.54, 1.807) is 0 Å². The van der Waals surface area contributed by atoms with E-state index in [-0.39, 0.29) is 22.5 Å². The molecule has 25 heavy (non-hydrogen) atoms. The third-order valence-corrected chi connectivity index (χ3v) is 4.61. The zero-order valence-electron chi connectivity index (χ0n) is 15.1. The van der Waals surface area contributed by atoms with Gasteiger partial charge in [0.25, 0.3) is 0 Å². The summed E-state index contributed by atoms with van der Waals surface area (Å²) < 4.78 is 0. The summed E-state index contributed by atoms with van der Waals surface area (Å²) in [7, 11) is 0. The van der Waals surface area contributed by atoms with Crippen molar-refractivity contribution in [1.82, 2.24) is 10.2 Å². The van der Waals surface area contributed by atoms with Gasteiger partial charge in [0, 0.05) is 34.7 Å². The minimum Gasteiger partial charge on any atom is -0.326 e. The maximum Gasteiger partial charge on any atom is 0.238 e. The van der Waals surface area contributed by atoms with Gasteiger partial charge in [0.2, 0.25) is 11.8 Å². The largest absolute Gasteiger partial charge is 0.326 e. The lowest BCUT2D eigenvalue weighted by atomic mass is 9.92. The number of aromatic nitrogens is 2. The normalized spacial score (nSPS) is 12.5. The molecule has 134 valence electrons. The molecule has 0 saturated carbocycles. The number of hydrogen-bond donors (Lipinski definition) is 3.